The van der Waals surface area contributed by atoms with Crippen molar-refractivity contribution in [1.82, 2.24) is 9.97 Å². The van der Waals surface area contributed by atoms with Crippen LogP contribution in [0.3, 0.4) is 0 Å². The molecule has 0 aliphatic carbocycles. The van der Waals surface area contributed by atoms with Crippen LogP contribution in [-0.2, 0) is 16.1 Å². The second-order valence-corrected chi connectivity index (χ2v) is 10.3. The van der Waals surface area contributed by atoms with E-state index in [0.717, 1.165) is 17.3 Å². The first kappa shape index (κ1) is 28.9. The second kappa shape index (κ2) is 13.8. The molecule has 3 rings (SSSR count). The van der Waals surface area contributed by atoms with Crippen LogP contribution in [0.15, 0.2) is 53.4 Å². The zero-order valence-electron chi connectivity index (χ0n) is 19.2. The maximum Gasteiger partial charge on any atom is 0.220 e. The second-order valence-electron chi connectivity index (χ2n) is 7.85. The molecule has 1 aromatic heterocycles. The molecule has 0 amide bonds. The lowest BCUT2D eigenvalue weighted by Gasteiger charge is -2.28. The number of nitrogens with zero attached hydrogens (tertiary/aromatic N) is 2. The number of aliphatic hydroxyl groups excluding tert-OH is 3. The lowest BCUT2D eigenvalue weighted by atomic mass is 10.1. The van der Waals surface area contributed by atoms with E-state index < -0.39 is 30.4 Å². The molecule has 194 valence electrons. The Balaban J connectivity index is 1.68. The number of thioether (sulfide) groups is 1. The summed E-state index contributed by atoms with van der Waals surface area (Å²) in [6.45, 7) is 0.977. The zero-order chi connectivity index (χ0) is 26.2. The maximum absolute atomic E-state index is 10.8. The number of aliphatic hydroxyl groups is 3. The first-order valence-corrected chi connectivity index (χ1v) is 12.9. The molecule has 2 unspecified atom stereocenters. The van der Waals surface area contributed by atoms with E-state index >= 15 is 0 Å². The Kier molecular flexibility index (Phi) is 11.0. The summed E-state index contributed by atoms with van der Waals surface area (Å²) >= 11 is 19.2. The van der Waals surface area contributed by atoms with Gasteiger partial charge in [-0.15, -0.1) is 0 Å². The van der Waals surface area contributed by atoms with Crippen LogP contribution in [0.1, 0.15) is 12.6 Å². The van der Waals surface area contributed by atoms with Crippen LogP contribution in [-0.4, -0.2) is 62.2 Å². The standard InChI is InChI=1S/C24H26Cl3N3O5S/c1-13(32)22(10-31)35-23(36-17-6-7-18(26)19(27)9-17)21(33)12-34-11-16-8-20(30-24(28)29-16)14-2-4-15(25)5-3-14/h2-9,13,21-23,31-33H,10-12H2,1H3,(H2,28,29,30)/t13-,21+,22?,23?/m1/s1. The topological polar surface area (TPSA) is 131 Å². The van der Waals surface area contributed by atoms with E-state index in [2.05, 4.69) is 9.97 Å². The number of rotatable bonds is 12. The van der Waals surface area contributed by atoms with E-state index in [0.29, 0.717) is 31.4 Å². The minimum atomic E-state index is -1.13. The lowest BCUT2D eigenvalue weighted by molar-refractivity contribution is -0.108. The molecular formula is C24H26Cl3N3O5S. The highest BCUT2D eigenvalue weighted by Gasteiger charge is 2.28. The summed E-state index contributed by atoms with van der Waals surface area (Å²) in [6, 6.07) is 13.9. The summed E-state index contributed by atoms with van der Waals surface area (Å²) in [5, 5.41) is 31.7. The third kappa shape index (κ3) is 8.44. The monoisotopic (exact) mass is 573 g/mol. The summed E-state index contributed by atoms with van der Waals surface area (Å²) in [5.74, 6) is 0.0840. The molecule has 0 fully saturated rings. The SMILES string of the molecule is C[C@@H](O)C(CO)OC(Sc1ccc(Cl)c(Cl)c1)[C@@H](O)COCc1cc(-c2ccc(Cl)cc2)nc(N)n1. The van der Waals surface area contributed by atoms with Crippen molar-refractivity contribution >= 4 is 52.5 Å². The first-order chi connectivity index (χ1) is 17.2. The summed E-state index contributed by atoms with van der Waals surface area (Å²) in [6.07, 6.45) is -3.01. The molecule has 8 nitrogen and oxygen atoms in total. The largest absolute Gasteiger partial charge is 0.394 e. The molecule has 0 saturated heterocycles. The Labute approximate surface area is 228 Å². The smallest absolute Gasteiger partial charge is 0.220 e. The number of hydrogen-bond acceptors (Lipinski definition) is 9. The van der Waals surface area contributed by atoms with Crippen molar-refractivity contribution in [1.29, 1.82) is 0 Å². The lowest BCUT2D eigenvalue weighted by Crippen LogP contribution is -2.39. The Morgan fingerprint density at radius 2 is 1.72 bits per heavy atom. The van der Waals surface area contributed by atoms with Crippen LogP contribution in [0.5, 0.6) is 0 Å². The van der Waals surface area contributed by atoms with Gasteiger partial charge in [0.2, 0.25) is 5.95 Å². The van der Waals surface area contributed by atoms with Crippen LogP contribution < -0.4 is 5.73 Å². The van der Waals surface area contributed by atoms with E-state index in [1.54, 1.807) is 36.4 Å². The number of nitrogens with two attached hydrogens (primary N) is 1. The fourth-order valence-corrected chi connectivity index (χ4v) is 4.61. The molecular weight excluding hydrogens is 549 g/mol. The Bertz CT molecular complexity index is 1140. The van der Waals surface area contributed by atoms with Gasteiger partial charge in [0.05, 0.1) is 47.4 Å². The van der Waals surface area contributed by atoms with Gasteiger partial charge in [0.25, 0.3) is 0 Å². The summed E-state index contributed by atoms with van der Waals surface area (Å²) < 4.78 is 11.5. The Morgan fingerprint density at radius 1 is 1.00 bits per heavy atom. The van der Waals surface area contributed by atoms with E-state index in [9.17, 15) is 15.3 Å². The van der Waals surface area contributed by atoms with Crippen molar-refractivity contribution in [2.45, 2.75) is 42.2 Å². The third-order valence-corrected chi connectivity index (χ3v) is 7.13. The minimum absolute atomic E-state index is 0.0500. The van der Waals surface area contributed by atoms with Crippen LogP contribution in [0, 0.1) is 0 Å². The van der Waals surface area contributed by atoms with Gasteiger partial charge in [0.1, 0.15) is 17.6 Å². The fraction of sp³-hybridized carbons (Fsp3) is 0.333. The Hall–Kier alpha value is -1.66. The molecule has 0 spiro atoms. The predicted molar refractivity (Wildman–Crippen MR) is 142 cm³/mol. The number of nitrogen functional groups attached to an aromatic ring is 1. The van der Waals surface area contributed by atoms with Crippen molar-refractivity contribution in [3.05, 3.63) is 69.3 Å². The fourth-order valence-electron chi connectivity index (χ4n) is 3.09. The van der Waals surface area contributed by atoms with Crippen LogP contribution in [0.4, 0.5) is 5.95 Å². The number of aromatic nitrogens is 2. The molecule has 12 heteroatoms. The predicted octanol–water partition coefficient (Wildman–Crippen LogP) is 4.44. The van der Waals surface area contributed by atoms with Crippen LogP contribution in [0.25, 0.3) is 11.3 Å². The molecule has 36 heavy (non-hydrogen) atoms. The molecule has 2 aromatic carbocycles. The van der Waals surface area contributed by atoms with E-state index in [1.807, 2.05) is 12.1 Å². The van der Waals surface area contributed by atoms with Crippen LogP contribution in [0.2, 0.25) is 15.1 Å². The van der Waals surface area contributed by atoms with Crippen molar-refractivity contribution in [2.24, 2.45) is 0 Å². The molecule has 0 aliphatic heterocycles. The van der Waals surface area contributed by atoms with E-state index in [1.165, 1.54) is 6.92 Å². The van der Waals surface area contributed by atoms with E-state index in [4.69, 9.17) is 50.0 Å². The summed E-state index contributed by atoms with van der Waals surface area (Å²) in [4.78, 5) is 9.12. The average Bonchev–Trinajstić information content (AvgIpc) is 2.83. The van der Waals surface area contributed by atoms with Crippen molar-refractivity contribution in [3.63, 3.8) is 0 Å². The summed E-state index contributed by atoms with van der Waals surface area (Å²) in [5.41, 5.74) is 6.92. The molecule has 0 saturated carbocycles. The van der Waals surface area contributed by atoms with Gasteiger partial charge in [-0.25, -0.2) is 9.97 Å². The number of hydrogen-bond donors (Lipinski definition) is 4. The van der Waals surface area contributed by atoms with Gasteiger partial charge in [-0.3, -0.25) is 0 Å². The Morgan fingerprint density at radius 3 is 2.36 bits per heavy atom. The van der Waals surface area contributed by atoms with Gasteiger partial charge in [-0.2, -0.15) is 0 Å². The zero-order valence-corrected chi connectivity index (χ0v) is 22.3. The average molecular weight is 575 g/mol. The molecule has 5 N–H and O–H groups in total. The number of anilines is 1. The molecule has 1 heterocycles. The van der Waals surface area contributed by atoms with Crippen LogP contribution >= 0.6 is 46.6 Å². The van der Waals surface area contributed by atoms with Crippen molar-refractivity contribution < 1.29 is 24.8 Å². The molecule has 0 bridgehead atoms. The highest BCUT2D eigenvalue weighted by molar-refractivity contribution is 7.99. The van der Waals surface area contributed by atoms with E-state index in [-0.39, 0.29) is 19.2 Å². The van der Waals surface area contributed by atoms with Crippen molar-refractivity contribution in [3.8, 4) is 11.3 Å². The van der Waals surface area contributed by atoms with Gasteiger partial charge in [0.15, 0.2) is 0 Å². The summed E-state index contributed by atoms with van der Waals surface area (Å²) in [7, 11) is 0. The van der Waals surface area contributed by atoms with Gasteiger partial charge < -0.3 is 30.5 Å². The van der Waals surface area contributed by atoms with Gasteiger partial charge in [-0.05, 0) is 43.3 Å². The number of halogens is 3. The van der Waals surface area contributed by atoms with Crippen molar-refractivity contribution in [2.75, 3.05) is 18.9 Å². The van der Waals surface area contributed by atoms with Gasteiger partial charge >= 0.3 is 0 Å². The number of benzene rings is 2. The van der Waals surface area contributed by atoms with Gasteiger partial charge in [-0.1, -0.05) is 58.7 Å². The normalized spacial score (nSPS) is 14.9. The first-order valence-electron chi connectivity index (χ1n) is 10.9. The maximum atomic E-state index is 10.8. The highest BCUT2D eigenvalue weighted by Crippen LogP contribution is 2.33. The molecule has 3 aromatic rings. The third-order valence-electron chi connectivity index (χ3n) is 4.96. The quantitative estimate of drug-likeness (QED) is 0.183. The molecule has 4 atom stereocenters. The minimum Gasteiger partial charge on any atom is -0.394 e. The number of ether oxygens (including phenoxy) is 2. The molecule has 0 radical (unpaired) electrons. The molecule has 0 aliphatic rings. The van der Waals surface area contributed by atoms with Gasteiger partial charge in [0, 0.05) is 15.5 Å². The highest BCUT2D eigenvalue weighted by atomic mass is 35.5.